The van der Waals surface area contributed by atoms with Crippen LogP contribution in [0.4, 0.5) is 5.69 Å². The van der Waals surface area contributed by atoms with Crippen LogP contribution in [0.15, 0.2) is 34.8 Å². The normalized spacial score (nSPS) is 12.3. The fourth-order valence-electron chi connectivity index (χ4n) is 2.37. The van der Waals surface area contributed by atoms with Crippen molar-refractivity contribution in [3.63, 3.8) is 0 Å². The third kappa shape index (κ3) is 3.36. The zero-order valence-electron chi connectivity index (χ0n) is 12.2. The van der Waals surface area contributed by atoms with E-state index in [9.17, 15) is 0 Å². The third-order valence-corrected chi connectivity index (χ3v) is 4.46. The molecule has 0 amide bonds. The highest BCUT2D eigenvalue weighted by molar-refractivity contribution is 9.10. The van der Waals surface area contributed by atoms with Crippen molar-refractivity contribution in [2.24, 2.45) is 0 Å². The monoisotopic (exact) mass is 351 g/mol. The summed E-state index contributed by atoms with van der Waals surface area (Å²) in [6.45, 7) is 8.62. The molecule has 2 aromatic rings. The van der Waals surface area contributed by atoms with Gasteiger partial charge < -0.3 is 5.32 Å². The summed E-state index contributed by atoms with van der Waals surface area (Å²) in [5, 5.41) is 4.22. The van der Waals surface area contributed by atoms with Crippen LogP contribution in [0.3, 0.4) is 0 Å². The molecule has 1 N–H and O–H groups in total. The Bertz CT molecular complexity index is 637. The number of hydrogen-bond acceptors (Lipinski definition) is 1. The van der Waals surface area contributed by atoms with E-state index in [1.165, 1.54) is 22.3 Å². The van der Waals surface area contributed by atoms with Crippen molar-refractivity contribution in [3.8, 4) is 0 Å². The zero-order valence-corrected chi connectivity index (χ0v) is 14.6. The van der Waals surface area contributed by atoms with Crippen molar-refractivity contribution in [1.82, 2.24) is 0 Å². The van der Waals surface area contributed by atoms with Gasteiger partial charge in [0.1, 0.15) is 0 Å². The Morgan fingerprint density at radius 2 is 1.65 bits per heavy atom. The lowest BCUT2D eigenvalue weighted by Crippen LogP contribution is -2.09. The van der Waals surface area contributed by atoms with Gasteiger partial charge in [0.25, 0.3) is 0 Å². The summed E-state index contributed by atoms with van der Waals surface area (Å²) in [7, 11) is 0. The minimum absolute atomic E-state index is 0.216. The molecule has 1 nitrogen and oxygen atoms in total. The van der Waals surface area contributed by atoms with Crippen LogP contribution in [0.2, 0.25) is 5.02 Å². The lowest BCUT2D eigenvalue weighted by atomic mass is 9.96. The molecule has 1 unspecified atom stereocenters. The molecule has 0 aliphatic heterocycles. The van der Waals surface area contributed by atoms with Crippen molar-refractivity contribution in [3.05, 3.63) is 62.1 Å². The minimum Gasteiger partial charge on any atom is -0.377 e. The number of halogens is 2. The van der Waals surface area contributed by atoms with Crippen LogP contribution in [0.5, 0.6) is 0 Å². The van der Waals surface area contributed by atoms with Crippen molar-refractivity contribution in [2.75, 3.05) is 5.32 Å². The summed E-state index contributed by atoms with van der Waals surface area (Å²) in [5.41, 5.74) is 6.23. The predicted octanol–water partition coefficient (Wildman–Crippen LogP) is 6.20. The second-order valence-corrected chi connectivity index (χ2v) is 6.61. The lowest BCUT2D eigenvalue weighted by Gasteiger charge is -2.20. The number of aryl methyl sites for hydroxylation is 3. The Kier molecular flexibility index (Phi) is 4.77. The van der Waals surface area contributed by atoms with Gasteiger partial charge in [-0.2, -0.15) is 0 Å². The Morgan fingerprint density at radius 3 is 2.30 bits per heavy atom. The van der Waals surface area contributed by atoms with Crippen LogP contribution >= 0.6 is 27.5 Å². The van der Waals surface area contributed by atoms with Crippen molar-refractivity contribution in [1.29, 1.82) is 0 Å². The predicted molar refractivity (Wildman–Crippen MR) is 91.8 cm³/mol. The smallest absolute Gasteiger partial charge is 0.0648 e. The maximum atomic E-state index is 6.26. The van der Waals surface area contributed by atoms with Gasteiger partial charge in [-0.1, -0.05) is 39.7 Å². The second-order valence-electron chi connectivity index (χ2n) is 5.28. The molecule has 106 valence electrons. The highest BCUT2D eigenvalue weighted by Crippen LogP contribution is 2.30. The fraction of sp³-hybridized carbons (Fsp3) is 0.294. The quantitative estimate of drug-likeness (QED) is 0.693. The molecule has 0 saturated heterocycles. The van der Waals surface area contributed by atoms with Crippen LogP contribution in [0.1, 0.15) is 35.2 Å². The molecule has 3 heteroatoms. The molecule has 1 atom stereocenters. The fourth-order valence-corrected chi connectivity index (χ4v) is 3.09. The number of rotatable bonds is 3. The number of anilines is 1. The highest BCUT2D eigenvalue weighted by Gasteiger charge is 2.11. The largest absolute Gasteiger partial charge is 0.377 e. The van der Waals surface area contributed by atoms with Gasteiger partial charge in [0, 0.05) is 10.5 Å². The van der Waals surface area contributed by atoms with E-state index in [1.54, 1.807) is 0 Å². The van der Waals surface area contributed by atoms with Gasteiger partial charge in [-0.15, -0.1) is 0 Å². The summed E-state index contributed by atoms with van der Waals surface area (Å²) < 4.78 is 0.989. The first kappa shape index (κ1) is 15.4. The number of hydrogen-bond donors (Lipinski definition) is 1. The SMILES string of the molecule is Cc1cc(C)c(C(C)Nc2ccc(Br)cc2Cl)cc1C. The molecule has 2 aromatic carbocycles. The van der Waals surface area contributed by atoms with E-state index >= 15 is 0 Å². The Balaban J connectivity index is 2.28. The molecule has 0 aliphatic carbocycles. The number of nitrogens with one attached hydrogen (secondary N) is 1. The molecule has 0 radical (unpaired) electrons. The molecule has 0 bridgehead atoms. The van der Waals surface area contributed by atoms with E-state index in [1.807, 2.05) is 18.2 Å². The van der Waals surface area contributed by atoms with Crippen LogP contribution in [-0.4, -0.2) is 0 Å². The van der Waals surface area contributed by atoms with E-state index in [0.717, 1.165) is 15.2 Å². The van der Waals surface area contributed by atoms with Gasteiger partial charge in [-0.3, -0.25) is 0 Å². The van der Waals surface area contributed by atoms with Gasteiger partial charge in [0.05, 0.1) is 10.7 Å². The first-order chi connectivity index (χ1) is 9.38. The molecule has 0 fully saturated rings. The maximum Gasteiger partial charge on any atom is 0.0648 e. The van der Waals surface area contributed by atoms with E-state index < -0.39 is 0 Å². The first-order valence-corrected chi connectivity index (χ1v) is 7.85. The molecule has 0 spiro atoms. The van der Waals surface area contributed by atoms with E-state index in [2.05, 4.69) is 61.1 Å². The molecule has 0 aliphatic rings. The highest BCUT2D eigenvalue weighted by atomic mass is 79.9. The Morgan fingerprint density at radius 1 is 1.00 bits per heavy atom. The van der Waals surface area contributed by atoms with Crippen molar-refractivity contribution < 1.29 is 0 Å². The summed E-state index contributed by atoms with van der Waals surface area (Å²) in [6.07, 6.45) is 0. The third-order valence-electron chi connectivity index (χ3n) is 3.65. The average molecular weight is 353 g/mol. The van der Waals surface area contributed by atoms with Gasteiger partial charge in [0.15, 0.2) is 0 Å². The molecular formula is C17H19BrClN. The van der Waals surface area contributed by atoms with E-state index in [-0.39, 0.29) is 6.04 Å². The van der Waals surface area contributed by atoms with Crippen molar-refractivity contribution >= 4 is 33.2 Å². The van der Waals surface area contributed by atoms with Gasteiger partial charge in [-0.05, 0) is 68.1 Å². The standard InChI is InChI=1S/C17H19BrClN/c1-10-7-12(3)15(8-11(10)2)13(4)20-17-6-5-14(18)9-16(17)19/h5-9,13,20H,1-4H3. The molecule has 20 heavy (non-hydrogen) atoms. The van der Waals surface area contributed by atoms with Crippen molar-refractivity contribution in [2.45, 2.75) is 33.7 Å². The van der Waals surface area contributed by atoms with Crippen LogP contribution in [0, 0.1) is 20.8 Å². The van der Waals surface area contributed by atoms with E-state index in [4.69, 9.17) is 11.6 Å². The van der Waals surface area contributed by atoms with Crippen LogP contribution in [-0.2, 0) is 0 Å². The molecule has 0 heterocycles. The summed E-state index contributed by atoms with van der Waals surface area (Å²) in [5.74, 6) is 0. The molecule has 2 rings (SSSR count). The summed E-state index contributed by atoms with van der Waals surface area (Å²) >= 11 is 9.69. The summed E-state index contributed by atoms with van der Waals surface area (Å²) in [4.78, 5) is 0. The van der Waals surface area contributed by atoms with Gasteiger partial charge in [-0.25, -0.2) is 0 Å². The number of benzene rings is 2. The lowest BCUT2D eigenvalue weighted by molar-refractivity contribution is 0.870. The minimum atomic E-state index is 0.216. The molecular weight excluding hydrogens is 334 g/mol. The maximum absolute atomic E-state index is 6.26. The molecule has 0 saturated carbocycles. The Labute approximate surface area is 134 Å². The second kappa shape index (κ2) is 6.19. The summed E-state index contributed by atoms with van der Waals surface area (Å²) in [6, 6.07) is 10.6. The first-order valence-electron chi connectivity index (χ1n) is 6.68. The van der Waals surface area contributed by atoms with Gasteiger partial charge >= 0.3 is 0 Å². The Hall–Kier alpha value is -0.990. The molecule has 0 aromatic heterocycles. The zero-order chi connectivity index (χ0) is 14.9. The van der Waals surface area contributed by atoms with E-state index in [0.29, 0.717) is 0 Å². The van der Waals surface area contributed by atoms with Crippen LogP contribution in [0.25, 0.3) is 0 Å². The topological polar surface area (TPSA) is 12.0 Å². The average Bonchev–Trinajstić information content (AvgIpc) is 2.37. The van der Waals surface area contributed by atoms with Gasteiger partial charge in [0.2, 0.25) is 0 Å². The van der Waals surface area contributed by atoms with Crippen LogP contribution < -0.4 is 5.32 Å².